The van der Waals surface area contributed by atoms with Gasteiger partial charge >= 0.3 is 0 Å². The number of halogens is 2. The molecule has 0 saturated heterocycles. The topological polar surface area (TPSA) is 85.7 Å². The molecule has 3 aromatic heterocycles. The molecule has 3 heterocycles. The lowest BCUT2D eigenvalue weighted by molar-refractivity contribution is 1.36. The molecule has 0 atom stereocenters. The maximum absolute atomic E-state index is 11.9. The van der Waals surface area contributed by atoms with Crippen molar-refractivity contribution in [3.05, 3.63) is 42.9 Å². The highest BCUT2D eigenvalue weighted by atomic mass is 35.5. The van der Waals surface area contributed by atoms with E-state index >= 15 is 0 Å². The molecule has 3 aromatic rings. The van der Waals surface area contributed by atoms with Crippen LogP contribution >= 0.6 is 58.0 Å². The quantitative estimate of drug-likeness (QED) is 0.683. The zero-order valence-electron chi connectivity index (χ0n) is 9.74. The zero-order chi connectivity index (χ0) is 15.0. The largest absolute Gasteiger partial charge is 0.284 e. The van der Waals surface area contributed by atoms with Crippen LogP contribution in [-0.2, 0) is 0 Å². The van der Waals surface area contributed by atoms with Gasteiger partial charge in [0, 0.05) is 0 Å². The Labute approximate surface area is 139 Å². The maximum atomic E-state index is 11.9. The average molecular weight is 377 g/mol. The predicted molar refractivity (Wildman–Crippen MR) is 84.7 cm³/mol. The second kappa shape index (κ2) is 5.85. The smallest absolute Gasteiger partial charge is 0.244 e. The van der Waals surface area contributed by atoms with E-state index < -0.39 is 10.9 Å². The Morgan fingerprint density at radius 2 is 1.19 bits per heavy atom. The Bertz CT molecular complexity index is 862. The van der Waals surface area contributed by atoms with E-state index in [0.717, 1.165) is 23.5 Å². The molecule has 0 unspecified atom stereocenters. The van der Waals surface area contributed by atoms with Crippen molar-refractivity contribution in [1.29, 1.82) is 0 Å². The molecule has 11 heteroatoms. The van der Waals surface area contributed by atoms with Gasteiger partial charge in [0.2, 0.25) is 10.9 Å². The third-order valence-electron chi connectivity index (χ3n) is 2.38. The van der Waals surface area contributed by atoms with Crippen molar-refractivity contribution in [2.24, 2.45) is 0 Å². The van der Waals surface area contributed by atoms with Gasteiger partial charge in [-0.2, -0.15) is 17.5 Å². The zero-order valence-corrected chi connectivity index (χ0v) is 13.7. The Kier molecular flexibility index (Phi) is 4.09. The number of thiophene rings is 1. The highest BCUT2D eigenvalue weighted by Crippen LogP contribution is 2.30. The molecule has 0 fully saturated rings. The van der Waals surface area contributed by atoms with Crippen LogP contribution in [0, 0.1) is 0 Å². The molecule has 0 aromatic carbocycles. The van der Waals surface area contributed by atoms with Gasteiger partial charge in [0.05, 0.1) is 33.2 Å². The Hall–Kier alpha value is -1.26. The summed E-state index contributed by atoms with van der Waals surface area (Å²) in [5.41, 5.74) is -0.496. The number of rotatable bonds is 2. The van der Waals surface area contributed by atoms with E-state index in [1.807, 2.05) is 0 Å². The fourth-order valence-electron chi connectivity index (χ4n) is 1.46. The van der Waals surface area contributed by atoms with Crippen molar-refractivity contribution < 1.29 is 0 Å². The Balaban J connectivity index is 2.13. The molecule has 0 bridgehead atoms. The van der Waals surface area contributed by atoms with Crippen molar-refractivity contribution in [1.82, 2.24) is 17.5 Å². The van der Waals surface area contributed by atoms with Crippen LogP contribution in [0.5, 0.6) is 0 Å². The molecule has 0 spiro atoms. The third-order valence-corrected chi connectivity index (χ3v) is 5.25. The summed E-state index contributed by atoms with van der Waals surface area (Å²) >= 11 is 14.3. The monoisotopic (exact) mass is 376 g/mol. The van der Waals surface area contributed by atoms with Crippen molar-refractivity contribution in [2.45, 2.75) is 0 Å². The summed E-state index contributed by atoms with van der Waals surface area (Å²) in [6.07, 6.45) is 0. The summed E-state index contributed by atoms with van der Waals surface area (Å²) in [5, 5.41) is -0.256. The van der Waals surface area contributed by atoms with Crippen molar-refractivity contribution in [3.8, 4) is 21.1 Å². The summed E-state index contributed by atoms with van der Waals surface area (Å²) in [4.78, 5) is 24.9. The Morgan fingerprint density at radius 1 is 0.762 bits per heavy atom. The van der Waals surface area contributed by atoms with Gasteiger partial charge in [-0.15, -0.1) is 11.3 Å². The third kappa shape index (κ3) is 2.74. The fourth-order valence-corrected chi connectivity index (χ4v) is 3.84. The molecule has 0 radical (unpaired) electrons. The normalized spacial score (nSPS) is 10.8. The molecular weight excluding hydrogens is 375 g/mol. The summed E-state index contributed by atoms with van der Waals surface area (Å²) in [7, 11) is 0. The van der Waals surface area contributed by atoms with Gasteiger partial charge in [0.1, 0.15) is 11.4 Å². The predicted octanol–water partition coefficient (Wildman–Crippen LogP) is 2.81. The van der Waals surface area contributed by atoms with Gasteiger partial charge in [0.15, 0.2) is 10.3 Å². The summed E-state index contributed by atoms with van der Waals surface area (Å²) in [6.45, 7) is 0. The SMILES string of the molecule is O=c1c(Cl)nsnc1-c1ccc(-c2nsnc(Cl)c2=O)s1. The first-order valence-corrected chi connectivity index (χ1v) is 8.26. The first kappa shape index (κ1) is 14.7. The van der Waals surface area contributed by atoms with Crippen LogP contribution in [0.2, 0.25) is 10.3 Å². The molecule has 6 nitrogen and oxygen atoms in total. The summed E-state index contributed by atoms with van der Waals surface area (Å²) < 4.78 is 15.2. The highest BCUT2D eigenvalue weighted by molar-refractivity contribution is 7.19. The number of hydrogen-bond acceptors (Lipinski definition) is 9. The number of aromatic nitrogens is 4. The van der Waals surface area contributed by atoms with Gasteiger partial charge in [0.25, 0.3) is 0 Å². The lowest BCUT2D eigenvalue weighted by Gasteiger charge is -1.94. The van der Waals surface area contributed by atoms with Crippen molar-refractivity contribution in [3.63, 3.8) is 0 Å². The van der Waals surface area contributed by atoms with Gasteiger partial charge in [-0.05, 0) is 12.1 Å². The molecule has 0 aliphatic carbocycles. The Morgan fingerprint density at radius 3 is 1.62 bits per heavy atom. The van der Waals surface area contributed by atoms with Gasteiger partial charge in [-0.25, -0.2) is 0 Å². The first-order valence-electron chi connectivity index (χ1n) is 5.23. The van der Waals surface area contributed by atoms with E-state index in [4.69, 9.17) is 23.2 Å². The number of nitrogens with zero attached hydrogens (tertiary/aromatic N) is 4. The lowest BCUT2D eigenvalue weighted by atomic mass is 10.3. The highest BCUT2D eigenvalue weighted by Gasteiger charge is 2.16. The molecular formula is C10H2Cl2N4O2S3. The minimum Gasteiger partial charge on any atom is -0.284 e. The summed E-state index contributed by atoms with van der Waals surface area (Å²) in [6, 6.07) is 3.35. The van der Waals surface area contributed by atoms with Crippen molar-refractivity contribution in [2.75, 3.05) is 0 Å². The van der Waals surface area contributed by atoms with Crippen LogP contribution in [0.4, 0.5) is 0 Å². The van der Waals surface area contributed by atoms with Gasteiger partial charge in [-0.3, -0.25) is 9.59 Å². The van der Waals surface area contributed by atoms with Crippen LogP contribution in [0.3, 0.4) is 0 Å². The number of hydrogen-bond donors (Lipinski definition) is 0. The van der Waals surface area contributed by atoms with E-state index in [-0.39, 0.29) is 21.7 Å². The molecule has 0 saturated carbocycles. The van der Waals surface area contributed by atoms with Crippen LogP contribution < -0.4 is 10.9 Å². The second-order valence-corrected chi connectivity index (χ2v) is 6.49. The van der Waals surface area contributed by atoms with E-state index in [9.17, 15) is 9.59 Å². The van der Waals surface area contributed by atoms with Crippen molar-refractivity contribution >= 4 is 58.0 Å². The fraction of sp³-hybridized carbons (Fsp3) is 0. The first-order chi connectivity index (χ1) is 10.1. The van der Waals surface area contributed by atoms with Gasteiger partial charge in [-0.1, -0.05) is 23.2 Å². The average Bonchev–Trinajstić information content (AvgIpc) is 2.94. The van der Waals surface area contributed by atoms with E-state index in [2.05, 4.69) is 17.5 Å². The molecule has 0 aliphatic rings. The van der Waals surface area contributed by atoms with Crippen LogP contribution in [0.15, 0.2) is 21.7 Å². The van der Waals surface area contributed by atoms with Crippen LogP contribution in [0.1, 0.15) is 0 Å². The molecule has 0 aliphatic heterocycles. The summed E-state index contributed by atoms with van der Waals surface area (Å²) in [5.74, 6) is 0. The molecule has 0 amide bonds. The van der Waals surface area contributed by atoms with Crippen LogP contribution in [0.25, 0.3) is 21.1 Å². The minimum absolute atomic E-state index is 0.128. The molecule has 106 valence electrons. The second-order valence-electron chi connectivity index (χ2n) is 3.63. The van der Waals surface area contributed by atoms with E-state index in [1.54, 1.807) is 12.1 Å². The lowest BCUT2D eigenvalue weighted by Crippen LogP contribution is -2.07. The molecule has 0 N–H and O–H groups in total. The molecule has 21 heavy (non-hydrogen) atoms. The maximum Gasteiger partial charge on any atom is 0.244 e. The van der Waals surface area contributed by atoms with Gasteiger partial charge < -0.3 is 0 Å². The van der Waals surface area contributed by atoms with E-state index in [0.29, 0.717) is 9.75 Å². The minimum atomic E-state index is -0.449. The van der Waals surface area contributed by atoms with Crippen LogP contribution in [-0.4, -0.2) is 17.5 Å². The van der Waals surface area contributed by atoms with E-state index in [1.165, 1.54) is 11.3 Å². The standard InChI is InChI=1S/C10H2Cl2N4O2S3/c11-9-7(17)5(13-20-15-9)3-1-2-4(19-3)6-8(18)10(12)16-21-14-6/h1-2H. The molecule has 3 rings (SSSR count).